The third kappa shape index (κ3) is 2.03. The third-order valence-corrected chi connectivity index (χ3v) is 2.85. The van der Waals surface area contributed by atoms with Crippen molar-refractivity contribution < 1.29 is 23.8 Å². The number of hydrogen-bond donors (Lipinski definition) is 2. The fraction of sp³-hybridized carbons (Fsp3) is 0.455. The molecule has 2 heterocycles. The highest BCUT2D eigenvalue weighted by molar-refractivity contribution is 5.97. The summed E-state index contributed by atoms with van der Waals surface area (Å²) in [4.78, 5) is 23.1. The van der Waals surface area contributed by atoms with E-state index in [0.29, 0.717) is 12.2 Å². The molecule has 1 amide bonds. The maximum Gasteiger partial charge on any atom is 0.331 e. The zero-order valence-corrected chi connectivity index (χ0v) is 9.36. The van der Waals surface area contributed by atoms with E-state index < -0.39 is 17.4 Å². The van der Waals surface area contributed by atoms with Crippen LogP contribution in [0.15, 0.2) is 16.7 Å². The number of carbonyl (C=O) groups excluding carboxylic acids is 1. The number of carboxylic acids is 1. The maximum absolute atomic E-state index is 11.9. The molecule has 0 spiro atoms. The molecule has 1 atom stereocenters. The number of aliphatic carboxylic acids is 1. The summed E-state index contributed by atoms with van der Waals surface area (Å²) in [6.07, 6.45) is 1.65. The number of furan rings is 1. The smallest absolute Gasteiger partial charge is 0.331 e. The molecule has 1 aliphatic rings. The van der Waals surface area contributed by atoms with E-state index in [2.05, 4.69) is 5.32 Å². The van der Waals surface area contributed by atoms with Crippen LogP contribution < -0.4 is 5.32 Å². The van der Waals surface area contributed by atoms with Gasteiger partial charge < -0.3 is 19.6 Å². The van der Waals surface area contributed by atoms with Crippen molar-refractivity contribution in [3.8, 4) is 0 Å². The summed E-state index contributed by atoms with van der Waals surface area (Å²) < 4.78 is 10.1. The van der Waals surface area contributed by atoms with Crippen LogP contribution in [0.4, 0.5) is 0 Å². The molecular formula is C11H13NO5. The van der Waals surface area contributed by atoms with Gasteiger partial charge in [0.15, 0.2) is 11.3 Å². The van der Waals surface area contributed by atoms with Crippen LogP contribution in [-0.4, -0.2) is 35.7 Å². The van der Waals surface area contributed by atoms with Gasteiger partial charge in [-0.2, -0.15) is 0 Å². The van der Waals surface area contributed by atoms with E-state index >= 15 is 0 Å². The number of carbonyl (C=O) groups is 2. The van der Waals surface area contributed by atoms with Crippen LogP contribution >= 0.6 is 0 Å². The molecule has 1 aromatic heterocycles. The number of carboxylic acid groups (broad SMARTS) is 1. The second kappa shape index (κ2) is 4.21. The average molecular weight is 239 g/mol. The Labute approximate surface area is 97.6 Å². The predicted molar refractivity (Wildman–Crippen MR) is 56.7 cm³/mol. The molecule has 6 nitrogen and oxygen atoms in total. The van der Waals surface area contributed by atoms with Gasteiger partial charge in [-0.05, 0) is 13.0 Å². The lowest BCUT2D eigenvalue weighted by atomic mass is 9.99. The highest BCUT2D eigenvalue weighted by Gasteiger charge is 2.44. The van der Waals surface area contributed by atoms with Crippen LogP contribution in [0.5, 0.6) is 0 Å². The molecule has 17 heavy (non-hydrogen) atoms. The summed E-state index contributed by atoms with van der Waals surface area (Å²) in [5.74, 6) is -1.48. The number of nitrogens with one attached hydrogen (secondary N) is 1. The average Bonchev–Trinajstić information content (AvgIpc) is 2.87. The quantitative estimate of drug-likeness (QED) is 0.804. The van der Waals surface area contributed by atoms with Crippen LogP contribution in [0, 0.1) is 6.92 Å². The Morgan fingerprint density at radius 2 is 2.29 bits per heavy atom. The van der Waals surface area contributed by atoms with Crippen LogP contribution in [0.2, 0.25) is 0 Å². The predicted octanol–water partition coefficient (Wildman–Crippen LogP) is 0.562. The molecule has 1 aliphatic heterocycles. The van der Waals surface area contributed by atoms with Crippen molar-refractivity contribution in [2.24, 2.45) is 0 Å². The van der Waals surface area contributed by atoms with Crippen LogP contribution in [0.3, 0.4) is 0 Å². The molecule has 0 aliphatic carbocycles. The van der Waals surface area contributed by atoms with E-state index in [4.69, 9.17) is 14.3 Å². The van der Waals surface area contributed by atoms with Crippen LogP contribution in [-0.2, 0) is 9.53 Å². The normalized spacial score (nSPS) is 23.6. The van der Waals surface area contributed by atoms with E-state index in [1.807, 2.05) is 0 Å². The van der Waals surface area contributed by atoms with Gasteiger partial charge in [0.25, 0.3) is 5.91 Å². The zero-order chi connectivity index (χ0) is 12.5. The number of rotatable bonds is 3. The maximum atomic E-state index is 11.9. The summed E-state index contributed by atoms with van der Waals surface area (Å²) >= 11 is 0. The minimum atomic E-state index is -1.34. The monoisotopic (exact) mass is 239 g/mol. The van der Waals surface area contributed by atoms with Gasteiger partial charge in [-0.3, -0.25) is 4.79 Å². The number of ether oxygens (including phenoxy) is 1. The lowest BCUT2D eigenvalue weighted by Gasteiger charge is -2.23. The van der Waals surface area contributed by atoms with Crippen molar-refractivity contribution >= 4 is 11.9 Å². The highest BCUT2D eigenvalue weighted by atomic mass is 16.5. The van der Waals surface area contributed by atoms with E-state index in [-0.39, 0.29) is 18.8 Å². The van der Waals surface area contributed by atoms with Crippen molar-refractivity contribution in [3.05, 3.63) is 23.7 Å². The van der Waals surface area contributed by atoms with E-state index in [9.17, 15) is 9.59 Å². The summed E-state index contributed by atoms with van der Waals surface area (Å²) in [6, 6.07) is 1.65. The van der Waals surface area contributed by atoms with Crippen molar-refractivity contribution in [1.82, 2.24) is 5.32 Å². The molecule has 0 bridgehead atoms. The third-order valence-electron chi connectivity index (χ3n) is 2.85. The van der Waals surface area contributed by atoms with Gasteiger partial charge in [-0.1, -0.05) is 0 Å². The Morgan fingerprint density at radius 3 is 2.76 bits per heavy atom. The molecule has 1 aromatic rings. The fourth-order valence-corrected chi connectivity index (χ4v) is 1.77. The summed E-state index contributed by atoms with van der Waals surface area (Å²) in [6.45, 7) is 2.02. The van der Waals surface area contributed by atoms with Gasteiger partial charge in [-0.15, -0.1) is 0 Å². The number of hydrogen-bond acceptors (Lipinski definition) is 4. The first-order chi connectivity index (χ1) is 8.05. The molecule has 6 heteroatoms. The lowest BCUT2D eigenvalue weighted by molar-refractivity contribution is -0.144. The Hall–Kier alpha value is -1.82. The van der Waals surface area contributed by atoms with Gasteiger partial charge in [0.2, 0.25) is 0 Å². The molecule has 2 N–H and O–H groups in total. The first kappa shape index (κ1) is 11.7. The first-order valence-electron chi connectivity index (χ1n) is 5.23. The Morgan fingerprint density at radius 1 is 1.53 bits per heavy atom. The molecule has 1 saturated heterocycles. The minimum Gasteiger partial charge on any atom is -0.479 e. The topological polar surface area (TPSA) is 88.8 Å². The summed E-state index contributed by atoms with van der Waals surface area (Å²) in [7, 11) is 0. The Balaban J connectivity index is 2.17. The first-order valence-corrected chi connectivity index (χ1v) is 5.23. The Bertz CT molecular complexity index is 444. The minimum absolute atomic E-state index is 0.0200. The molecule has 1 unspecified atom stereocenters. The highest BCUT2D eigenvalue weighted by Crippen LogP contribution is 2.20. The van der Waals surface area contributed by atoms with Gasteiger partial charge in [0.1, 0.15) is 0 Å². The Kier molecular flexibility index (Phi) is 2.89. The van der Waals surface area contributed by atoms with Gasteiger partial charge >= 0.3 is 5.97 Å². The standard InChI is InChI=1S/C11H13NO5/c1-7-2-4-17-8(7)9(13)12-11(10(14)15)3-5-16-6-11/h2,4H,3,5-6H2,1H3,(H,12,13)(H,14,15). The van der Waals surface area contributed by atoms with Gasteiger partial charge in [0.05, 0.1) is 12.9 Å². The summed E-state index contributed by atoms with van der Waals surface area (Å²) in [5, 5.41) is 11.6. The van der Waals surface area contributed by atoms with E-state index in [1.54, 1.807) is 13.0 Å². The molecule has 92 valence electrons. The van der Waals surface area contributed by atoms with Gasteiger partial charge in [-0.25, -0.2) is 4.79 Å². The van der Waals surface area contributed by atoms with E-state index in [1.165, 1.54) is 6.26 Å². The van der Waals surface area contributed by atoms with Crippen molar-refractivity contribution in [3.63, 3.8) is 0 Å². The molecule has 0 aromatic carbocycles. The SMILES string of the molecule is Cc1ccoc1C(=O)NC1(C(=O)O)CCOC1. The van der Waals surface area contributed by atoms with Crippen molar-refractivity contribution in [1.29, 1.82) is 0 Å². The van der Waals surface area contributed by atoms with Crippen molar-refractivity contribution in [2.75, 3.05) is 13.2 Å². The molecule has 1 fully saturated rings. The van der Waals surface area contributed by atoms with Crippen LogP contribution in [0.1, 0.15) is 22.5 Å². The van der Waals surface area contributed by atoms with Crippen molar-refractivity contribution in [2.45, 2.75) is 18.9 Å². The summed E-state index contributed by atoms with van der Waals surface area (Å²) in [5.41, 5.74) is -0.669. The second-order valence-electron chi connectivity index (χ2n) is 4.08. The molecule has 2 rings (SSSR count). The molecule has 0 saturated carbocycles. The largest absolute Gasteiger partial charge is 0.479 e. The number of aryl methyl sites for hydroxylation is 1. The van der Waals surface area contributed by atoms with Crippen LogP contribution in [0.25, 0.3) is 0 Å². The molecular weight excluding hydrogens is 226 g/mol. The second-order valence-corrected chi connectivity index (χ2v) is 4.08. The fourth-order valence-electron chi connectivity index (χ4n) is 1.77. The molecule has 0 radical (unpaired) electrons. The van der Waals surface area contributed by atoms with E-state index in [0.717, 1.165) is 0 Å². The van der Waals surface area contributed by atoms with Gasteiger partial charge in [0, 0.05) is 18.6 Å². The number of amides is 1. The zero-order valence-electron chi connectivity index (χ0n) is 9.36. The lowest BCUT2D eigenvalue weighted by Crippen LogP contribution is -2.55.